The number of likely N-dealkylation sites (tertiary alicyclic amines) is 1. The van der Waals surface area contributed by atoms with Gasteiger partial charge in [0.1, 0.15) is 6.10 Å². The number of carbonyl (C=O) groups is 1. The summed E-state index contributed by atoms with van der Waals surface area (Å²) in [6.07, 6.45) is 1.64. The fourth-order valence-corrected chi connectivity index (χ4v) is 2.96. The van der Waals surface area contributed by atoms with Gasteiger partial charge in [0.2, 0.25) is 5.88 Å². The minimum absolute atomic E-state index is 0.103. The van der Waals surface area contributed by atoms with Crippen molar-refractivity contribution in [2.75, 3.05) is 37.4 Å². The lowest BCUT2D eigenvalue weighted by atomic mass is 10.1. The molecular weight excluding hydrogens is 354 g/mol. The van der Waals surface area contributed by atoms with Crippen LogP contribution in [0.2, 0.25) is 5.02 Å². The Morgan fingerprint density at radius 2 is 2.15 bits per heavy atom. The van der Waals surface area contributed by atoms with E-state index in [1.54, 1.807) is 29.2 Å². The molecule has 7 nitrogen and oxygen atoms in total. The average Bonchev–Trinajstić information content (AvgIpc) is 2.62. The predicted octanol–water partition coefficient (Wildman–Crippen LogP) is 3.27. The number of carbonyl (C=O) groups excluding carboxylic acids is 1. The highest BCUT2D eigenvalue weighted by molar-refractivity contribution is 6.30. The number of hydrogen-bond donors (Lipinski definition) is 1. The maximum Gasteiger partial charge on any atom is 0.321 e. The van der Waals surface area contributed by atoms with Crippen molar-refractivity contribution in [3.8, 4) is 5.88 Å². The van der Waals surface area contributed by atoms with E-state index in [2.05, 4.69) is 15.5 Å². The van der Waals surface area contributed by atoms with Crippen LogP contribution in [-0.2, 0) is 0 Å². The Morgan fingerprint density at radius 3 is 2.85 bits per heavy atom. The van der Waals surface area contributed by atoms with Crippen molar-refractivity contribution >= 4 is 29.1 Å². The summed E-state index contributed by atoms with van der Waals surface area (Å²) in [6, 6.07) is 10.6. The van der Waals surface area contributed by atoms with Crippen molar-refractivity contribution in [2.24, 2.45) is 0 Å². The first-order chi connectivity index (χ1) is 12.5. The zero-order valence-corrected chi connectivity index (χ0v) is 15.6. The highest BCUT2D eigenvalue weighted by atomic mass is 35.5. The molecule has 2 aromatic rings. The van der Waals surface area contributed by atoms with Gasteiger partial charge in [0.25, 0.3) is 0 Å². The molecule has 1 aliphatic rings. The number of hydrogen-bond acceptors (Lipinski definition) is 5. The van der Waals surface area contributed by atoms with Crippen LogP contribution in [-0.4, -0.2) is 54.4 Å². The van der Waals surface area contributed by atoms with Gasteiger partial charge in [-0.15, -0.1) is 10.2 Å². The van der Waals surface area contributed by atoms with E-state index in [4.69, 9.17) is 16.3 Å². The molecule has 138 valence electrons. The molecule has 1 aliphatic heterocycles. The first-order valence-electron chi connectivity index (χ1n) is 8.50. The van der Waals surface area contributed by atoms with Gasteiger partial charge in [-0.3, -0.25) is 0 Å². The SMILES string of the molecule is CN(C)c1ccc(OC2CCCN(C(=O)Nc3cccc(Cl)c3)C2)nn1. The number of urea groups is 1. The van der Waals surface area contributed by atoms with Crippen LogP contribution in [0, 0.1) is 0 Å². The Hall–Kier alpha value is -2.54. The zero-order valence-electron chi connectivity index (χ0n) is 14.9. The lowest BCUT2D eigenvalue weighted by Gasteiger charge is -2.32. The van der Waals surface area contributed by atoms with E-state index in [1.165, 1.54) is 0 Å². The van der Waals surface area contributed by atoms with Gasteiger partial charge in [-0.05, 0) is 37.1 Å². The fourth-order valence-electron chi connectivity index (χ4n) is 2.77. The van der Waals surface area contributed by atoms with Crippen LogP contribution in [0.4, 0.5) is 16.3 Å². The molecule has 1 aromatic carbocycles. The van der Waals surface area contributed by atoms with Crippen molar-refractivity contribution < 1.29 is 9.53 Å². The van der Waals surface area contributed by atoms with E-state index in [0.717, 1.165) is 18.7 Å². The molecule has 0 radical (unpaired) electrons. The molecule has 2 amide bonds. The molecule has 2 heterocycles. The first kappa shape index (κ1) is 18.3. The zero-order chi connectivity index (χ0) is 18.5. The maximum absolute atomic E-state index is 12.5. The quantitative estimate of drug-likeness (QED) is 0.888. The van der Waals surface area contributed by atoms with E-state index in [1.807, 2.05) is 31.1 Å². The van der Waals surface area contributed by atoms with Gasteiger partial charge in [-0.1, -0.05) is 17.7 Å². The van der Waals surface area contributed by atoms with Crippen LogP contribution in [0.5, 0.6) is 5.88 Å². The summed E-state index contributed by atoms with van der Waals surface area (Å²) in [5, 5.41) is 11.7. The molecule has 1 atom stereocenters. The van der Waals surface area contributed by atoms with Crippen LogP contribution in [0.1, 0.15) is 12.8 Å². The molecule has 1 N–H and O–H groups in total. The Bertz CT molecular complexity index is 754. The van der Waals surface area contributed by atoms with Crippen molar-refractivity contribution in [1.29, 1.82) is 0 Å². The molecule has 0 spiro atoms. The largest absolute Gasteiger partial charge is 0.471 e. The number of halogens is 1. The second-order valence-electron chi connectivity index (χ2n) is 6.39. The van der Waals surface area contributed by atoms with E-state index in [0.29, 0.717) is 29.7 Å². The maximum atomic E-state index is 12.5. The van der Waals surface area contributed by atoms with Crippen LogP contribution < -0.4 is 15.0 Å². The number of aromatic nitrogens is 2. The van der Waals surface area contributed by atoms with E-state index >= 15 is 0 Å². The monoisotopic (exact) mass is 375 g/mol. The van der Waals surface area contributed by atoms with E-state index in [9.17, 15) is 4.79 Å². The molecule has 26 heavy (non-hydrogen) atoms. The highest BCUT2D eigenvalue weighted by Crippen LogP contribution is 2.20. The number of nitrogens with zero attached hydrogens (tertiary/aromatic N) is 4. The summed E-state index contributed by atoms with van der Waals surface area (Å²) < 4.78 is 5.90. The first-order valence-corrected chi connectivity index (χ1v) is 8.88. The van der Waals surface area contributed by atoms with Crippen molar-refractivity contribution in [1.82, 2.24) is 15.1 Å². The summed E-state index contributed by atoms with van der Waals surface area (Å²) in [6.45, 7) is 1.20. The van der Waals surface area contributed by atoms with Gasteiger partial charge in [-0.2, -0.15) is 0 Å². The Balaban J connectivity index is 1.57. The summed E-state index contributed by atoms with van der Waals surface area (Å²) in [5.41, 5.74) is 0.677. The molecule has 3 rings (SSSR count). The number of rotatable bonds is 4. The summed E-state index contributed by atoms with van der Waals surface area (Å²) in [5.74, 6) is 1.24. The molecule has 0 bridgehead atoms. The lowest BCUT2D eigenvalue weighted by molar-refractivity contribution is 0.102. The van der Waals surface area contributed by atoms with E-state index in [-0.39, 0.29) is 12.1 Å². The van der Waals surface area contributed by atoms with Crippen LogP contribution in [0.15, 0.2) is 36.4 Å². The predicted molar refractivity (Wildman–Crippen MR) is 102 cm³/mol. The van der Waals surface area contributed by atoms with Crippen LogP contribution in [0.3, 0.4) is 0 Å². The number of nitrogens with one attached hydrogen (secondary N) is 1. The number of anilines is 2. The third-order valence-electron chi connectivity index (χ3n) is 4.11. The number of amides is 2. The number of piperidine rings is 1. The fraction of sp³-hybridized carbons (Fsp3) is 0.389. The average molecular weight is 376 g/mol. The topological polar surface area (TPSA) is 70.6 Å². The molecular formula is C18H22ClN5O2. The third-order valence-corrected chi connectivity index (χ3v) is 4.35. The van der Waals surface area contributed by atoms with Crippen LogP contribution >= 0.6 is 11.6 Å². The smallest absolute Gasteiger partial charge is 0.321 e. The van der Waals surface area contributed by atoms with Gasteiger partial charge in [0.15, 0.2) is 5.82 Å². The normalized spacial score (nSPS) is 16.9. The highest BCUT2D eigenvalue weighted by Gasteiger charge is 2.25. The summed E-state index contributed by atoms with van der Waals surface area (Å²) >= 11 is 5.96. The second-order valence-corrected chi connectivity index (χ2v) is 6.83. The summed E-state index contributed by atoms with van der Waals surface area (Å²) in [7, 11) is 3.81. The van der Waals surface area contributed by atoms with Gasteiger partial charge in [-0.25, -0.2) is 4.79 Å². The summed E-state index contributed by atoms with van der Waals surface area (Å²) in [4.78, 5) is 16.1. The molecule has 8 heteroatoms. The van der Waals surface area contributed by atoms with Crippen LogP contribution in [0.25, 0.3) is 0 Å². The minimum atomic E-state index is -0.158. The third kappa shape index (κ3) is 4.76. The van der Waals surface area contributed by atoms with Crippen molar-refractivity contribution in [3.05, 3.63) is 41.4 Å². The lowest BCUT2D eigenvalue weighted by Crippen LogP contribution is -2.46. The van der Waals surface area contributed by atoms with Gasteiger partial charge in [0, 0.05) is 37.4 Å². The van der Waals surface area contributed by atoms with Gasteiger partial charge in [0.05, 0.1) is 6.54 Å². The minimum Gasteiger partial charge on any atom is -0.471 e. The molecule has 1 fully saturated rings. The number of ether oxygens (including phenoxy) is 1. The Kier molecular flexibility index (Phi) is 5.78. The Morgan fingerprint density at radius 1 is 1.31 bits per heavy atom. The van der Waals surface area contributed by atoms with E-state index < -0.39 is 0 Å². The second kappa shape index (κ2) is 8.23. The van der Waals surface area contributed by atoms with Crippen molar-refractivity contribution in [2.45, 2.75) is 18.9 Å². The van der Waals surface area contributed by atoms with Gasteiger partial charge < -0.3 is 19.9 Å². The van der Waals surface area contributed by atoms with Gasteiger partial charge >= 0.3 is 6.03 Å². The molecule has 0 saturated carbocycles. The van der Waals surface area contributed by atoms with Crippen molar-refractivity contribution in [3.63, 3.8) is 0 Å². The molecule has 1 saturated heterocycles. The molecule has 1 aromatic heterocycles. The number of benzene rings is 1. The Labute approximate surface area is 157 Å². The standard InChI is InChI=1S/C18H22ClN5O2/c1-23(2)16-8-9-17(22-21-16)26-15-7-4-10-24(12-15)18(25)20-14-6-3-5-13(19)11-14/h3,5-6,8-9,11,15H,4,7,10,12H2,1-2H3,(H,20,25). The molecule has 0 aliphatic carbocycles. The molecule has 1 unspecified atom stereocenters.